The third-order valence-electron chi connectivity index (χ3n) is 5.29. The van der Waals surface area contributed by atoms with Crippen LogP contribution in [0.1, 0.15) is 33.6 Å². The lowest BCUT2D eigenvalue weighted by molar-refractivity contribution is -0.134. The van der Waals surface area contributed by atoms with E-state index >= 15 is 0 Å². The zero-order valence-corrected chi connectivity index (χ0v) is 16.0. The summed E-state index contributed by atoms with van der Waals surface area (Å²) in [6, 6.07) is 2.26. The van der Waals surface area contributed by atoms with Crippen LogP contribution >= 0.6 is 0 Å². The molecule has 2 unspecified atom stereocenters. The number of likely N-dealkylation sites (tertiary alicyclic amines) is 1. The molecular weight excluding hydrogens is 336 g/mol. The van der Waals surface area contributed by atoms with Crippen molar-refractivity contribution < 1.29 is 19.1 Å². The highest BCUT2D eigenvalue weighted by Crippen LogP contribution is 2.22. The van der Waals surface area contributed by atoms with Crippen LogP contribution in [0, 0.1) is 17.2 Å². The first-order valence-corrected chi connectivity index (χ1v) is 9.43. The molecular formula is C18H30N4O4. The summed E-state index contributed by atoms with van der Waals surface area (Å²) in [6.45, 7) is 9.82. The lowest BCUT2D eigenvalue weighted by Gasteiger charge is -2.31. The predicted octanol–water partition coefficient (Wildman–Crippen LogP) is 0.974. The monoisotopic (exact) mass is 366 g/mol. The van der Waals surface area contributed by atoms with Crippen molar-refractivity contribution in [1.82, 2.24) is 15.1 Å². The molecule has 1 N–H and O–H groups in total. The van der Waals surface area contributed by atoms with Gasteiger partial charge in [-0.25, -0.2) is 4.79 Å². The lowest BCUT2D eigenvalue weighted by atomic mass is 9.97. The van der Waals surface area contributed by atoms with Crippen LogP contribution in [0.15, 0.2) is 0 Å². The van der Waals surface area contributed by atoms with Crippen LogP contribution in [0.5, 0.6) is 0 Å². The number of ether oxygens (including phenoxy) is 2. The number of carbonyl (C=O) groups is 2. The normalized spacial score (nSPS) is 26.0. The minimum atomic E-state index is -0.913. The number of rotatable bonds is 6. The number of nitrogens with zero attached hydrogens (tertiary/aromatic N) is 3. The molecule has 0 saturated carbocycles. The highest BCUT2D eigenvalue weighted by molar-refractivity contribution is 5.84. The van der Waals surface area contributed by atoms with Gasteiger partial charge in [0.25, 0.3) is 5.91 Å². The number of nitrogens with one attached hydrogen (secondary N) is 1. The van der Waals surface area contributed by atoms with Crippen LogP contribution < -0.4 is 5.32 Å². The summed E-state index contributed by atoms with van der Waals surface area (Å²) in [5, 5.41) is 12.5. The van der Waals surface area contributed by atoms with E-state index in [1.807, 2.05) is 20.8 Å². The first kappa shape index (κ1) is 20.5. The average Bonchev–Trinajstić information content (AvgIpc) is 3.09. The highest BCUT2D eigenvalue weighted by atomic mass is 16.6. The smallest absolute Gasteiger partial charge is 0.410 e. The topological polar surface area (TPSA) is 94.9 Å². The van der Waals surface area contributed by atoms with Crippen LogP contribution in [0.2, 0.25) is 0 Å². The summed E-state index contributed by atoms with van der Waals surface area (Å²) in [4.78, 5) is 29.0. The Balaban J connectivity index is 2.04. The molecule has 0 spiro atoms. The number of morpholine rings is 1. The number of likely N-dealkylation sites (N-methyl/N-ethyl adjacent to an activating group) is 1. The third-order valence-corrected chi connectivity index (χ3v) is 5.29. The maximum Gasteiger partial charge on any atom is 0.410 e. The average molecular weight is 366 g/mol. The molecule has 0 aromatic heterocycles. The van der Waals surface area contributed by atoms with E-state index in [1.54, 1.807) is 4.90 Å². The molecule has 0 aromatic rings. The Bertz CT molecular complexity index is 544. The zero-order chi connectivity index (χ0) is 19.2. The number of nitriles is 1. The Morgan fingerprint density at radius 2 is 2.00 bits per heavy atom. The molecule has 2 aliphatic rings. The van der Waals surface area contributed by atoms with Gasteiger partial charge in [-0.3, -0.25) is 4.79 Å². The van der Waals surface area contributed by atoms with Crippen molar-refractivity contribution in [3.05, 3.63) is 0 Å². The van der Waals surface area contributed by atoms with Crippen molar-refractivity contribution in [3.63, 3.8) is 0 Å². The van der Waals surface area contributed by atoms with E-state index in [1.165, 1.54) is 0 Å². The van der Waals surface area contributed by atoms with Gasteiger partial charge < -0.3 is 24.6 Å². The Morgan fingerprint density at radius 3 is 2.54 bits per heavy atom. The molecule has 26 heavy (non-hydrogen) atoms. The highest BCUT2D eigenvalue weighted by Gasteiger charge is 2.42. The predicted molar refractivity (Wildman–Crippen MR) is 95.3 cm³/mol. The Labute approximate surface area is 155 Å². The van der Waals surface area contributed by atoms with E-state index in [0.717, 1.165) is 13.1 Å². The number of hydrogen-bond acceptors (Lipinski definition) is 6. The third kappa shape index (κ3) is 4.86. The van der Waals surface area contributed by atoms with Crippen LogP contribution in [0.3, 0.4) is 0 Å². The molecule has 2 saturated heterocycles. The second-order valence-corrected chi connectivity index (χ2v) is 7.09. The van der Waals surface area contributed by atoms with Gasteiger partial charge in [0.2, 0.25) is 0 Å². The molecule has 2 heterocycles. The fourth-order valence-electron chi connectivity index (χ4n) is 3.26. The first-order valence-electron chi connectivity index (χ1n) is 9.43. The molecule has 2 fully saturated rings. The summed E-state index contributed by atoms with van der Waals surface area (Å²) < 4.78 is 10.8. The standard InChI is InChI=1S/C18H30N4O4/c1-4-14(3)15(26-17(24)22-8-10-25-11-9-22)16(23)20-18(12-19)6-7-21(5-2)13-18/h14-15H,4-11,13H2,1-3H3,(H,20,23)/t14?,15-,18?/m0/s1. The minimum Gasteiger partial charge on any atom is -0.436 e. The summed E-state index contributed by atoms with van der Waals surface area (Å²) in [5.74, 6) is -0.528. The largest absolute Gasteiger partial charge is 0.436 e. The van der Waals surface area contributed by atoms with Gasteiger partial charge in [0, 0.05) is 32.1 Å². The molecule has 8 nitrogen and oxygen atoms in total. The fraction of sp³-hybridized carbons (Fsp3) is 0.833. The Kier molecular flexibility index (Phi) is 7.23. The van der Waals surface area contributed by atoms with Crippen molar-refractivity contribution in [2.75, 3.05) is 45.9 Å². The maximum atomic E-state index is 12.9. The Morgan fingerprint density at radius 1 is 1.31 bits per heavy atom. The number of amides is 2. The van der Waals surface area contributed by atoms with Crippen LogP contribution in [-0.4, -0.2) is 79.4 Å². The second-order valence-electron chi connectivity index (χ2n) is 7.09. The van der Waals surface area contributed by atoms with Crippen molar-refractivity contribution in [3.8, 4) is 6.07 Å². The van der Waals surface area contributed by atoms with Crippen molar-refractivity contribution in [1.29, 1.82) is 5.26 Å². The van der Waals surface area contributed by atoms with Gasteiger partial charge in [0.1, 0.15) is 5.54 Å². The van der Waals surface area contributed by atoms with E-state index in [-0.39, 0.29) is 11.8 Å². The lowest BCUT2D eigenvalue weighted by Crippen LogP contribution is -2.55. The van der Waals surface area contributed by atoms with E-state index in [0.29, 0.717) is 45.7 Å². The molecule has 146 valence electrons. The molecule has 0 aromatic carbocycles. The molecule has 2 amide bonds. The molecule has 0 bridgehead atoms. The van der Waals surface area contributed by atoms with Crippen LogP contribution in [0.4, 0.5) is 4.79 Å². The van der Waals surface area contributed by atoms with Crippen LogP contribution in [-0.2, 0) is 14.3 Å². The fourth-order valence-corrected chi connectivity index (χ4v) is 3.26. The van der Waals surface area contributed by atoms with Gasteiger partial charge >= 0.3 is 6.09 Å². The molecule has 0 aliphatic carbocycles. The maximum absolute atomic E-state index is 12.9. The minimum absolute atomic E-state index is 0.139. The molecule has 2 rings (SSSR count). The van der Waals surface area contributed by atoms with E-state index < -0.39 is 17.7 Å². The van der Waals surface area contributed by atoms with E-state index in [9.17, 15) is 14.9 Å². The number of hydrogen-bond donors (Lipinski definition) is 1. The van der Waals surface area contributed by atoms with Gasteiger partial charge in [0.15, 0.2) is 6.10 Å². The van der Waals surface area contributed by atoms with E-state index in [4.69, 9.17) is 9.47 Å². The van der Waals surface area contributed by atoms with Crippen LogP contribution in [0.25, 0.3) is 0 Å². The van der Waals surface area contributed by atoms with Gasteiger partial charge in [-0.1, -0.05) is 20.8 Å². The zero-order valence-electron chi connectivity index (χ0n) is 16.0. The summed E-state index contributed by atoms with van der Waals surface area (Å²) in [7, 11) is 0. The van der Waals surface area contributed by atoms with Crippen molar-refractivity contribution in [2.45, 2.75) is 45.3 Å². The van der Waals surface area contributed by atoms with Gasteiger partial charge in [-0.15, -0.1) is 0 Å². The first-order chi connectivity index (χ1) is 12.4. The molecule has 3 atom stereocenters. The van der Waals surface area contributed by atoms with Gasteiger partial charge in [0.05, 0.1) is 19.3 Å². The summed E-state index contributed by atoms with van der Waals surface area (Å²) >= 11 is 0. The molecule has 8 heteroatoms. The summed E-state index contributed by atoms with van der Waals surface area (Å²) in [5.41, 5.74) is -0.913. The van der Waals surface area contributed by atoms with Crippen molar-refractivity contribution >= 4 is 12.0 Å². The SMILES string of the molecule is CCC(C)[C@H](OC(=O)N1CCOCC1)C(=O)NC1(C#N)CCN(CC)C1. The summed E-state index contributed by atoms with van der Waals surface area (Å²) in [6.07, 6.45) is -0.138. The van der Waals surface area contributed by atoms with Gasteiger partial charge in [-0.05, 0) is 19.4 Å². The van der Waals surface area contributed by atoms with Crippen molar-refractivity contribution in [2.24, 2.45) is 5.92 Å². The quantitative estimate of drug-likeness (QED) is 0.753. The van der Waals surface area contributed by atoms with E-state index in [2.05, 4.69) is 16.3 Å². The van der Waals surface area contributed by atoms with Gasteiger partial charge in [-0.2, -0.15) is 5.26 Å². The molecule has 2 aliphatic heterocycles. The second kappa shape index (κ2) is 9.19. The molecule has 0 radical (unpaired) electrons. The Hall–Kier alpha value is -1.85. The number of carbonyl (C=O) groups excluding carboxylic acids is 2.